The van der Waals surface area contributed by atoms with Gasteiger partial charge in [-0.1, -0.05) is 13.3 Å². The van der Waals surface area contributed by atoms with Crippen molar-refractivity contribution in [2.75, 3.05) is 23.7 Å². The Kier molecular flexibility index (Phi) is 4.74. The minimum absolute atomic E-state index is 0.141. The van der Waals surface area contributed by atoms with E-state index in [-0.39, 0.29) is 13.1 Å². The SMILES string of the molecule is CCCc1nn(C)c(N(CC(N)=O)CC(N)=O)c1N. The molecule has 0 saturated carbocycles. The Labute approximate surface area is 111 Å². The van der Waals surface area contributed by atoms with Gasteiger partial charge in [0.2, 0.25) is 11.8 Å². The molecule has 2 amide bonds. The van der Waals surface area contributed by atoms with Gasteiger partial charge in [0, 0.05) is 7.05 Å². The Morgan fingerprint density at radius 1 is 1.26 bits per heavy atom. The quantitative estimate of drug-likeness (QED) is 0.567. The lowest BCUT2D eigenvalue weighted by Gasteiger charge is -2.22. The van der Waals surface area contributed by atoms with Crippen molar-refractivity contribution in [3.8, 4) is 0 Å². The van der Waals surface area contributed by atoms with E-state index >= 15 is 0 Å². The van der Waals surface area contributed by atoms with Gasteiger partial charge >= 0.3 is 0 Å². The number of nitrogens with zero attached hydrogens (tertiary/aromatic N) is 3. The lowest BCUT2D eigenvalue weighted by molar-refractivity contribution is -0.117. The van der Waals surface area contributed by atoms with Crippen LogP contribution in [-0.4, -0.2) is 34.7 Å². The first kappa shape index (κ1) is 14.8. The molecule has 0 spiro atoms. The number of amides is 2. The number of hydrogen-bond acceptors (Lipinski definition) is 5. The average Bonchev–Trinajstić information content (AvgIpc) is 2.52. The summed E-state index contributed by atoms with van der Waals surface area (Å²) >= 11 is 0. The van der Waals surface area contributed by atoms with Gasteiger partial charge in [0.15, 0.2) is 5.82 Å². The van der Waals surface area contributed by atoms with Gasteiger partial charge in [0.05, 0.1) is 24.5 Å². The van der Waals surface area contributed by atoms with Crippen molar-refractivity contribution in [3.63, 3.8) is 0 Å². The van der Waals surface area contributed by atoms with Crippen LogP contribution < -0.4 is 22.1 Å². The fourth-order valence-corrected chi connectivity index (χ4v) is 1.96. The first-order valence-corrected chi connectivity index (χ1v) is 5.99. The Morgan fingerprint density at radius 3 is 2.21 bits per heavy atom. The number of anilines is 2. The molecule has 1 aromatic rings. The fourth-order valence-electron chi connectivity index (χ4n) is 1.96. The maximum absolute atomic E-state index is 11.1. The number of aromatic nitrogens is 2. The summed E-state index contributed by atoms with van der Waals surface area (Å²) in [5, 5.41) is 4.28. The molecule has 0 fully saturated rings. The van der Waals surface area contributed by atoms with E-state index in [0.717, 1.165) is 18.5 Å². The van der Waals surface area contributed by atoms with Crippen molar-refractivity contribution in [1.82, 2.24) is 9.78 Å². The third-order valence-electron chi connectivity index (χ3n) is 2.61. The van der Waals surface area contributed by atoms with Crippen LogP contribution in [-0.2, 0) is 23.1 Å². The fraction of sp³-hybridized carbons (Fsp3) is 0.545. The van der Waals surface area contributed by atoms with Crippen LogP contribution in [0, 0.1) is 0 Å². The van der Waals surface area contributed by atoms with Crippen molar-refractivity contribution in [2.45, 2.75) is 19.8 Å². The number of nitrogens with two attached hydrogens (primary N) is 3. The molecular weight excluding hydrogens is 248 g/mol. The molecule has 1 aromatic heterocycles. The molecule has 1 heterocycles. The monoisotopic (exact) mass is 268 g/mol. The molecule has 0 aliphatic carbocycles. The molecule has 0 aliphatic rings. The number of hydrogen-bond donors (Lipinski definition) is 3. The maximum Gasteiger partial charge on any atom is 0.237 e. The third kappa shape index (κ3) is 3.60. The summed E-state index contributed by atoms with van der Waals surface area (Å²) in [5.74, 6) is -0.654. The second-order valence-corrected chi connectivity index (χ2v) is 4.35. The van der Waals surface area contributed by atoms with Gasteiger partial charge < -0.3 is 22.1 Å². The zero-order valence-electron chi connectivity index (χ0n) is 11.2. The van der Waals surface area contributed by atoms with Crippen molar-refractivity contribution in [1.29, 1.82) is 0 Å². The average molecular weight is 268 g/mol. The first-order valence-electron chi connectivity index (χ1n) is 5.99. The normalized spacial score (nSPS) is 10.4. The van der Waals surface area contributed by atoms with Gasteiger partial charge in [-0.25, -0.2) is 0 Å². The molecule has 0 aromatic carbocycles. The van der Waals surface area contributed by atoms with Crippen LogP contribution in [0.5, 0.6) is 0 Å². The molecule has 0 bridgehead atoms. The van der Waals surface area contributed by atoms with E-state index in [1.807, 2.05) is 6.92 Å². The predicted molar refractivity (Wildman–Crippen MR) is 72.2 cm³/mol. The van der Waals surface area contributed by atoms with Gasteiger partial charge in [0.1, 0.15) is 0 Å². The third-order valence-corrected chi connectivity index (χ3v) is 2.61. The molecular formula is C11H20N6O2. The van der Waals surface area contributed by atoms with E-state index in [2.05, 4.69) is 5.10 Å². The molecule has 8 heteroatoms. The molecule has 8 nitrogen and oxygen atoms in total. The zero-order valence-corrected chi connectivity index (χ0v) is 11.2. The van der Waals surface area contributed by atoms with Gasteiger partial charge in [-0.15, -0.1) is 0 Å². The van der Waals surface area contributed by atoms with Crippen LogP contribution >= 0.6 is 0 Å². The highest BCUT2D eigenvalue weighted by Gasteiger charge is 2.21. The number of rotatable bonds is 7. The summed E-state index contributed by atoms with van der Waals surface area (Å²) in [7, 11) is 1.69. The number of primary amides is 2. The molecule has 0 atom stereocenters. The second kappa shape index (κ2) is 6.07. The van der Waals surface area contributed by atoms with Crippen LogP contribution in [0.4, 0.5) is 11.5 Å². The van der Waals surface area contributed by atoms with Crippen LogP contribution in [0.25, 0.3) is 0 Å². The Hall–Kier alpha value is -2.25. The number of carbonyl (C=O) groups excluding carboxylic acids is 2. The topological polar surface area (TPSA) is 133 Å². The molecule has 106 valence electrons. The second-order valence-electron chi connectivity index (χ2n) is 4.35. The summed E-state index contributed by atoms with van der Waals surface area (Å²) in [6.07, 6.45) is 1.62. The molecule has 6 N–H and O–H groups in total. The van der Waals surface area contributed by atoms with Crippen LogP contribution in [0.3, 0.4) is 0 Å². The van der Waals surface area contributed by atoms with Crippen molar-refractivity contribution < 1.29 is 9.59 Å². The standard InChI is InChI=1S/C11H20N6O2/c1-3-4-7-10(14)11(16(2)15-7)17(5-8(12)18)6-9(13)19/h3-6,14H2,1-2H3,(H2,12,18)(H2,13,19). The van der Waals surface area contributed by atoms with E-state index in [0.29, 0.717) is 11.5 Å². The molecule has 1 rings (SSSR count). The Morgan fingerprint density at radius 2 is 1.79 bits per heavy atom. The highest BCUT2D eigenvalue weighted by Crippen LogP contribution is 2.26. The molecule has 0 aliphatic heterocycles. The maximum atomic E-state index is 11.1. The van der Waals surface area contributed by atoms with Crippen molar-refractivity contribution in [3.05, 3.63) is 5.69 Å². The van der Waals surface area contributed by atoms with E-state index < -0.39 is 11.8 Å². The zero-order chi connectivity index (χ0) is 14.6. The first-order chi connectivity index (χ1) is 8.86. The lowest BCUT2D eigenvalue weighted by atomic mass is 10.2. The minimum atomic E-state index is -0.570. The largest absolute Gasteiger partial charge is 0.394 e. The van der Waals surface area contributed by atoms with Gasteiger partial charge in [-0.2, -0.15) is 5.10 Å². The van der Waals surface area contributed by atoms with Crippen molar-refractivity contribution in [2.24, 2.45) is 18.5 Å². The number of nitrogen functional groups attached to an aromatic ring is 1. The highest BCUT2D eigenvalue weighted by molar-refractivity contribution is 5.86. The molecule has 0 saturated heterocycles. The summed E-state index contributed by atoms with van der Waals surface area (Å²) in [6, 6.07) is 0. The van der Waals surface area contributed by atoms with E-state index in [1.54, 1.807) is 7.05 Å². The smallest absolute Gasteiger partial charge is 0.237 e. The summed E-state index contributed by atoms with van der Waals surface area (Å²) in [4.78, 5) is 23.6. The van der Waals surface area contributed by atoms with Crippen LogP contribution in [0.2, 0.25) is 0 Å². The van der Waals surface area contributed by atoms with Gasteiger partial charge in [0.25, 0.3) is 0 Å². The lowest BCUT2D eigenvalue weighted by Crippen LogP contribution is -2.41. The Balaban J connectivity index is 3.13. The summed E-state index contributed by atoms with van der Waals surface area (Å²) < 4.78 is 1.53. The van der Waals surface area contributed by atoms with Crippen molar-refractivity contribution >= 4 is 23.3 Å². The van der Waals surface area contributed by atoms with Crippen LogP contribution in [0.15, 0.2) is 0 Å². The number of carbonyl (C=O) groups is 2. The van der Waals surface area contributed by atoms with Gasteiger partial charge in [-0.3, -0.25) is 14.3 Å². The molecule has 0 unspecified atom stereocenters. The Bertz CT molecular complexity index is 466. The minimum Gasteiger partial charge on any atom is -0.394 e. The van der Waals surface area contributed by atoms with E-state index in [9.17, 15) is 9.59 Å². The summed E-state index contributed by atoms with van der Waals surface area (Å²) in [5.41, 5.74) is 17.5. The molecule has 19 heavy (non-hydrogen) atoms. The highest BCUT2D eigenvalue weighted by atomic mass is 16.2. The van der Waals surface area contributed by atoms with E-state index in [1.165, 1.54) is 9.58 Å². The predicted octanol–water partition coefficient (Wildman–Crippen LogP) is -1.27. The summed E-state index contributed by atoms with van der Waals surface area (Å²) in [6.45, 7) is 1.73. The molecule has 0 radical (unpaired) electrons. The van der Waals surface area contributed by atoms with Crippen LogP contribution in [0.1, 0.15) is 19.0 Å². The number of aryl methyl sites for hydroxylation is 2. The van der Waals surface area contributed by atoms with Gasteiger partial charge in [-0.05, 0) is 6.42 Å². The van der Waals surface area contributed by atoms with E-state index in [4.69, 9.17) is 17.2 Å².